The van der Waals surface area contributed by atoms with Gasteiger partial charge in [0.15, 0.2) is 5.13 Å². The van der Waals surface area contributed by atoms with Gasteiger partial charge in [0.1, 0.15) is 5.82 Å². The predicted molar refractivity (Wildman–Crippen MR) is 99.8 cm³/mol. The molecule has 3 rings (SSSR count). The van der Waals surface area contributed by atoms with E-state index in [4.69, 9.17) is 0 Å². The monoisotopic (exact) mass is 375 g/mol. The van der Waals surface area contributed by atoms with E-state index in [0.717, 1.165) is 32.4 Å². The number of aromatic nitrogens is 1. The van der Waals surface area contributed by atoms with E-state index in [2.05, 4.69) is 17.2 Å². The highest BCUT2D eigenvalue weighted by molar-refractivity contribution is 7.14. The number of amides is 2. The number of carbonyl (C=O) groups is 2. The molecule has 1 unspecified atom stereocenters. The van der Waals surface area contributed by atoms with Crippen molar-refractivity contribution in [2.45, 2.75) is 32.6 Å². The lowest BCUT2D eigenvalue weighted by atomic mass is 10.0. The Morgan fingerprint density at radius 3 is 2.92 bits per heavy atom. The van der Waals surface area contributed by atoms with Crippen LogP contribution in [0.2, 0.25) is 0 Å². The Morgan fingerprint density at radius 2 is 2.12 bits per heavy atom. The molecule has 1 saturated heterocycles. The minimum absolute atomic E-state index is 0.0287. The Hall–Kier alpha value is -2.28. The van der Waals surface area contributed by atoms with Crippen LogP contribution in [0.5, 0.6) is 0 Å². The fourth-order valence-electron chi connectivity index (χ4n) is 3.03. The Balaban J connectivity index is 1.58. The molecule has 0 radical (unpaired) electrons. The number of halogens is 1. The summed E-state index contributed by atoms with van der Waals surface area (Å²) >= 11 is 1.24. The molecule has 1 aromatic heterocycles. The Morgan fingerprint density at radius 1 is 1.31 bits per heavy atom. The Kier molecular flexibility index (Phi) is 5.98. The summed E-state index contributed by atoms with van der Waals surface area (Å²) in [6.45, 7) is 3.81. The van der Waals surface area contributed by atoms with E-state index in [1.165, 1.54) is 29.5 Å². The molecule has 1 aliphatic heterocycles. The molecule has 2 amide bonds. The van der Waals surface area contributed by atoms with Crippen LogP contribution >= 0.6 is 11.3 Å². The predicted octanol–water partition coefficient (Wildman–Crippen LogP) is 3.73. The summed E-state index contributed by atoms with van der Waals surface area (Å²) in [7, 11) is 0. The summed E-state index contributed by atoms with van der Waals surface area (Å²) in [6, 6.07) is 5.79. The maximum atomic E-state index is 13.7. The van der Waals surface area contributed by atoms with E-state index in [1.54, 1.807) is 11.4 Å². The number of anilines is 1. The molecule has 1 atom stereocenters. The smallest absolute Gasteiger partial charge is 0.260 e. The van der Waals surface area contributed by atoms with Gasteiger partial charge in [0.25, 0.3) is 5.91 Å². The quantitative estimate of drug-likeness (QED) is 0.886. The molecule has 0 saturated carbocycles. The molecule has 1 N–H and O–H groups in total. The van der Waals surface area contributed by atoms with Crippen LogP contribution in [0.1, 0.15) is 42.2 Å². The number of nitrogens with one attached hydrogen (secondary N) is 1. The van der Waals surface area contributed by atoms with Gasteiger partial charge < -0.3 is 4.90 Å². The summed E-state index contributed by atoms with van der Waals surface area (Å²) < 4.78 is 13.7. The van der Waals surface area contributed by atoms with Crippen molar-refractivity contribution in [3.05, 3.63) is 46.7 Å². The van der Waals surface area contributed by atoms with Crippen molar-refractivity contribution in [3.63, 3.8) is 0 Å². The van der Waals surface area contributed by atoms with E-state index in [9.17, 15) is 14.0 Å². The molecule has 1 aromatic carbocycles. The second-order valence-electron chi connectivity index (χ2n) is 6.67. The average Bonchev–Trinajstić information content (AvgIpc) is 2.92. The lowest BCUT2D eigenvalue weighted by Crippen LogP contribution is -2.33. The molecule has 138 valence electrons. The van der Waals surface area contributed by atoms with Gasteiger partial charge in [0.05, 0.1) is 17.7 Å². The number of carbonyl (C=O) groups excluding carboxylic acids is 2. The molecule has 0 bridgehead atoms. The third kappa shape index (κ3) is 4.66. The highest BCUT2D eigenvalue weighted by atomic mass is 32.1. The van der Waals surface area contributed by atoms with Crippen molar-refractivity contribution >= 4 is 28.3 Å². The molecule has 7 heteroatoms. The number of nitrogens with zero attached hydrogens (tertiary/aromatic N) is 2. The fourth-order valence-corrected chi connectivity index (χ4v) is 3.74. The van der Waals surface area contributed by atoms with Crippen LogP contribution in [0.25, 0.3) is 0 Å². The van der Waals surface area contributed by atoms with Crippen LogP contribution in [0.4, 0.5) is 9.52 Å². The minimum atomic E-state index is -0.577. The SMILES string of the molecule is CC1CCCN(C(=O)Cc2csc(NC(=O)c3ccccc3F)n2)CC1. The molecule has 1 aliphatic rings. The van der Waals surface area contributed by atoms with Crippen molar-refractivity contribution in [1.29, 1.82) is 0 Å². The lowest BCUT2D eigenvalue weighted by molar-refractivity contribution is -0.130. The van der Waals surface area contributed by atoms with E-state index < -0.39 is 11.7 Å². The first-order valence-corrected chi connectivity index (χ1v) is 9.69. The molecule has 1 fully saturated rings. The third-order valence-electron chi connectivity index (χ3n) is 4.59. The molecule has 26 heavy (non-hydrogen) atoms. The van der Waals surface area contributed by atoms with Gasteiger partial charge in [-0.3, -0.25) is 14.9 Å². The van der Waals surface area contributed by atoms with Crippen LogP contribution in [0, 0.1) is 11.7 Å². The summed E-state index contributed by atoms with van der Waals surface area (Å²) in [5, 5.41) is 4.72. The van der Waals surface area contributed by atoms with Gasteiger partial charge in [-0.1, -0.05) is 19.1 Å². The molecule has 5 nitrogen and oxygen atoms in total. The average molecular weight is 375 g/mol. The third-order valence-corrected chi connectivity index (χ3v) is 5.40. The lowest BCUT2D eigenvalue weighted by Gasteiger charge is -2.19. The van der Waals surface area contributed by atoms with Crippen molar-refractivity contribution in [1.82, 2.24) is 9.88 Å². The van der Waals surface area contributed by atoms with E-state index in [-0.39, 0.29) is 17.9 Å². The molecular formula is C19H22FN3O2S. The first-order chi connectivity index (χ1) is 12.5. The highest BCUT2D eigenvalue weighted by Gasteiger charge is 2.20. The summed E-state index contributed by atoms with van der Waals surface area (Å²) in [4.78, 5) is 30.8. The van der Waals surface area contributed by atoms with Crippen LogP contribution < -0.4 is 5.32 Å². The molecule has 0 spiro atoms. The number of hydrogen-bond donors (Lipinski definition) is 1. The molecule has 2 heterocycles. The molecular weight excluding hydrogens is 353 g/mol. The summed E-state index contributed by atoms with van der Waals surface area (Å²) in [5.41, 5.74) is 0.597. The van der Waals surface area contributed by atoms with Gasteiger partial charge in [-0.2, -0.15) is 0 Å². The van der Waals surface area contributed by atoms with E-state index in [1.807, 2.05) is 4.90 Å². The number of hydrogen-bond acceptors (Lipinski definition) is 4. The normalized spacial score (nSPS) is 17.6. The van der Waals surface area contributed by atoms with Crippen molar-refractivity contribution in [2.24, 2.45) is 5.92 Å². The summed E-state index contributed by atoms with van der Waals surface area (Å²) in [6.07, 6.45) is 3.45. The Bertz CT molecular complexity index is 793. The van der Waals surface area contributed by atoms with Crippen LogP contribution in [0.3, 0.4) is 0 Å². The topological polar surface area (TPSA) is 62.3 Å². The zero-order chi connectivity index (χ0) is 18.5. The highest BCUT2D eigenvalue weighted by Crippen LogP contribution is 2.20. The number of benzene rings is 1. The van der Waals surface area contributed by atoms with Crippen LogP contribution in [-0.2, 0) is 11.2 Å². The van der Waals surface area contributed by atoms with Crippen molar-refractivity contribution in [3.8, 4) is 0 Å². The first-order valence-electron chi connectivity index (χ1n) is 8.81. The van der Waals surface area contributed by atoms with E-state index >= 15 is 0 Å². The van der Waals surface area contributed by atoms with Gasteiger partial charge in [0, 0.05) is 18.5 Å². The minimum Gasteiger partial charge on any atom is -0.342 e. The van der Waals surface area contributed by atoms with Gasteiger partial charge in [0.2, 0.25) is 5.91 Å². The largest absolute Gasteiger partial charge is 0.342 e. The molecule has 0 aliphatic carbocycles. The standard InChI is InChI=1S/C19H22FN3O2S/c1-13-5-4-9-23(10-8-13)17(24)11-14-12-26-19(21-14)22-18(25)15-6-2-3-7-16(15)20/h2-3,6-7,12-13H,4-5,8-11H2,1H3,(H,21,22,25). The number of rotatable bonds is 4. The second kappa shape index (κ2) is 8.40. The van der Waals surface area contributed by atoms with Crippen molar-refractivity contribution < 1.29 is 14.0 Å². The van der Waals surface area contributed by atoms with Crippen LogP contribution in [-0.4, -0.2) is 34.8 Å². The maximum absolute atomic E-state index is 13.7. The van der Waals surface area contributed by atoms with E-state index in [0.29, 0.717) is 16.7 Å². The second-order valence-corrected chi connectivity index (χ2v) is 7.53. The fraction of sp³-hybridized carbons (Fsp3) is 0.421. The van der Waals surface area contributed by atoms with Crippen LogP contribution in [0.15, 0.2) is 29.6 Å². The zero-order valence-corrected chi connectivity index (χ0v) is 15.5. The zero-order valence-electron chi connectivity index (χ0n) is 14.7. The number of thiazole rings is 1. The number of likely N-dealkylation sites (tertiary alicyclic amines) is 1. The summed E-state index contributed by atoms with van der Waals surface area (Å²) in [5.74, 6) is -0.396. The van der Waals surface area contributed by atoms with Crippen molar-refractivity contribution in [2.75, 3.05) is 18.4 Å². The van der Waals surface area contributed by atoms with Gasteiger partial charge in [-0.05, 0) is 37.3 Å². The van der Waals surface area contributed by atoms with Gasteiger partial charge in [-0.15, -0.1) is 11.3 Å². The van der Waals surface area contributed by atoms with Gasteiger partial charge >= 0.3 is 0 Å². The molecule has 2 aromatic rings. The Labute approximate surface area is 156 Å². The van der Waals surface area contributed by atoms with Gasteiger partial charge in [-0.25, -0.2) is 9.37 Å². The first kappa shape index (κ1) is 18.5. The maximum Gasteiger partial charge on any atom is 0.260 e.